The molecule has 0 aliphatic carbocycles. The normalized spacial score (nSPS) is 13.2. The number of pyridine rings is 1. The highest BCUT2D eigenvalue weighted by Crippen LogP contribution is 2.23. The second-order valence-corrected chi connectivity index (χ2v) is 4.73. The topological polar surface area (TPSA) is 79.2 Å². The number of hydrogen-bond acceptors (Lipinski definition) is 3. The van der Waals surface area contributed by atoms with Gasteiger partial charge in [-0.05, 0) is 17.0 Å². The molecule has 3 N–H and O–H groups in total. The van der Waals surface area contributed by atoms with Gasteiger partial charge in [-0.1, -0.05) is 18.2 Å². The van der Waals surface area contributed by atoms with Crippen molar-refractivity contribution >= 4 is 16.7 Å². The Balaban J connectivity index is 0.000000774. The Bertz CT molecular complexity index is 746. The van der Waals surface area contributed by atoms with E-state index in [4.69, 9.17) is 5.73 Å². The SMILES string of the molecule is C#C.NCC(=O)N1CCc2[nH]c(=O)c3ccccc3c2C1. The van der Waals surface area contributed by atoms with Crippen LogP contribution in [0.15, 0.2) is 29.1 Å². The molecule has 0 radical (unpaired) electrons. The number of aromatic amines is 1. The van der Waals surface area contributed by atoms with Gasteiger partial charge < -0.3 is 15.6 Å². The first-order chi connectivity index (χ1) is 10.2. The van der Waals surface area contributed by atoms with Crippen LogP contribution in [0.5, 0.6) is 0 Å². The summed E-state index contributed by atoms with van der Waals surface area (Å²) in [5, 5.41) is 1.60. The third-order valence-electron chi connectivity index (χ3n) is 3.63. The van der Waals surface area contributed by atoms with Gasteiger partial charge in [0.2, 0.25) is 5.91 Å². The van der Waals surface area contributed by atoms with Crippen LogP contribution in [0, 0.1) is 12.8 Å². The van der Waals surface area contributed by atoms with Gasteiger partial charge in [-0.15, -0.1) is 12.8 Å². The Kier molecular flexibility index (Phi) is 4.41. The Morgan fingerprint density at radius 3 is 2.62 bits per heavy atom. The Morgan fingerprint density at radius 1 is 1.29 bits per heavy atom. The third-order valence-corrected chi connectivity index (χ3v) is 3.63. The molecule has 0 fully saturated rings. The van der Waals surface area contributed by atoms with Gasteiger partial charge in [0.15, 0.2) is 0 Å². The van der Waals surface area contributed by atoms with E-state index < -0.39 is 0 Å². The van der Waals surface area contributed by atoms with E-state index in [1.54, 1.807) is 11.0 Å². The van der Waals surface area contributed by atoms with E-state index in [-0.39, 0.29) is 18.0 Å². The molecule has 1 aromatic heterocycles. The number of fused-ring (bicyclic) bond motifs is 3. The number of aromatic nitrogens is 1. The Hall–Kier alpha value is -2.58. The van der Waals surface area contributed by atoms with Gasteiger partial charge in [0, 0.05) is 30.6 Å². The molecule has 21 heavy (non-hydrogen) atoms. The predicted octanol–water partition coefficient (Wildman–Crippen LogP) is 0.621. The van der Waals surface area contributed by atoms with Crippen LogP contribution in [0.25, 0.3) is 10.8 Å². The van der Waals surface area contributed by atoms with Crippen molar-refractivity contribution < 1.29 is 4.79 Å². The average Bonchev–Trinajstić information content (AvgIpc) is 2.56. The smallest absolute Gasteiger partial charge is 0.256 e. The summed E-state index contributed by atoms with van der Waals surface area (Å²) in [5.74, 6) is -0.0547. The minimum Gasteiger partial charge on any atom is -0.337 e. The zero-order valence-corrected chi connectivity index (χ0v) is 11.6. The summed E-state index contributed by atoms with van der Waals surface area (Å²) in [7, 11) is 0. The molecule has 3 rings (SSSR count). The van der Waals surface area contributed by atoms with E-state index in [1.165, 1.54) is 0 Å². The zero-order valence-electron chi connectivity index (χ0n) is 11.6. The highest BCUT2D eigenvalue weighted by molar-refractivity contribution is 5.86. The quantitative estimate of drug-likeness (QED) is 0.753. The summed E-state index contributed by atoms with van der Waals surface area (Å²) >= 11 is 0. The van der Waals surface area contributed by atoms with Crippen molar-refractivity contribution in [2.24, 2.45) is 5.73 Å². The zero-order chi connectivity index (χ0) is 15.4. The maximum atomic E-state index is 12.0. The lowest BCUT2D eigenvalue weighted by Crippen LogP contribution is -2.40. The van der Waals surface area contributed by atoms with Gasteiger partial charge in [-0.25, -0.2) is 0 Å². The maximum Gasteiger partial charge on any atom is 0.256 e. The van der Waals surface area contributed by atoms with Crippen LogP contribution in [0.4, 0.5) is 0 Å². The highest BCUT2D eigenvalue weighted by Gasteiger charge is 2.22. The van der Waals surface area contributed by atoms with E-state index >= 15 is 0 Å². The minimum absolute atomic E-state index is 0.0244. The summed E-state index contributed by atoms with van der Waals surface area (Å²) < 4.78 is 0. The molecule has 1 amide bonds. The summed E-state index contributed by atoms with van der Waals surface area (Å²) in [5.41, 5.74) is 7.31. The van der Waals surface area contributed by atoms with Gasteiger partial charge in [0.05, 0.1) is 6.54 Å². The summed E-state index contributed by atoms with van der Waals surface area (Å²) in [4.78, 5) is 28.3. The number of benzene rings is 1. The lowest BCUT2D eigenvalue weighted by Gasteiger charge is -2.29. The maximum absolute atomic E-state index is 12.0. The molecule has 0 saturated heterocycles. The van der Waals surface area contributed by atoms with Crippen LogP contribution in [0.1, 0.15) is 11.3 Å². The van der Waals surface area contributed by atoms with Crippen LogP contribution in [-0.2, 0) is 17.8 Å². The Morgan fingerprint density at radius 2 is 1.95 bits per heavy atom. The number of carbonyl (C=O) groups excluding carboxylic acids is 1. The fourth-order valence-corrected chi connectivity index (χ4v) is 2.64. The number of nitrogens with one attached hydrogen (secondary N) is 1. The number of H-pyrrole nitrogens is 1. The number of hydrogen-bond donors (Lipinski definition) is 2. The first kappa shape index (κ1) is 14.8. The van der Waals surface area contributed by atoms with E-state index in [0.29, 0.717) is 24.9 Å². The Labute approximate surface area is 122 Å². The number of terminal acetylenes is 1. The molecule has 0 bridgehead atoms. The van der Waals surface area contributed by atoms with E-state index in [1.807, 2.05) is 18.2 Å². The molecule has 0 saturated carbocycles. The molecule has 1 aliphatic rings. The van der Waals surface area contributed by atoms with Gasteiger partial charge in [-0.3, -0.25) is 9.59 Å². The second-order valence-electron chi connectivity index (χ2n) is 4.73. The van der Waals surface area contributed by atoms with Crippen molar-refractivity contribution in [2.75, 3.05) is 13.1 Å². The molecule has 1 aromatic carbocycles. The fraction of sp³-hybridized carbons (Fsp3) is 0.250. The van der Waals surface area contributed by atoms with Crippen molar-refractivity contribution in [2.45, 2.75) is 13.0 Å². The van der Waals surface area contributed by atoms with Crippen molar-refractivity contribution in [1.82, 2.24) is 9.88 Å². The van der Waals surface area contributed by atoms with E-state index in [2.05, 4.69) is 17.8 Å². The molecule has 108 valence electrons. The van der Waals surface area contributed by atoms with Crippen molar-refractivity contribution in [3.63, 3.8) is 0 Å². The number of nitrogens with zero attached hydrogens (tertiary/aromatic N) is 1. The fourth-order valence-electron chi connectivity index (χ4n) is 2.64. The highest BCUT2D eigenvalue weighted by atomic mass is 16.2. The molecule has 5 nitrogen and oxygen atoms in total. The van der Waals surface area contributed by atoms with Crippen molar-refractivity contribution in [3.8, 4) is 12.8 Å². The molecule has 2 aromatic rings. The predicted molar refractivity (Wildman–Crippen MR) is 82.6 cm³/mol. The first-order valence-corrected chi connectivity index (χ1v) is 6.64. The standard InChI is InChI=1S/C14H15N3O2.C2H2/c15-7-13(18)17-6-5-12-11(8-17)9-3-1-2-4-10(9)14(19)16-12;1-2/h1-4H,5-8,15H2,(H,16,19);1-2H. The van der Waals surface area contributed by atoms with Crippen LogP contribution >= 0.6 is 0 Å². The van der Waals surface area contributed by atoms with E-state index in [0.717, 1.165) is 16.6 Å². The molecular formula is C16H17N3O2. The molecule has 5 heteroatoms. The second kappa shape index (κ2) is 6.25. The van der Waals surface area contributed by atoms with Gasteiger partial charge in [-0.2, -0.15) is 0 Å². The van der Waals surface area contributed by atoms with Crippen LogP contribution < -0.4 is 11.3 Å². The third kappa shape index (κ3) is 2.67. The first-order valence-electron chi connectivity index (χ1n) is 6.64. The lowest BCUT2D eigenvalue weighted by molar-refractivity contribution is -0.130. The monoisotopic (exact) mass is 283 g/mol. The molecule has 0 unspecified atom stereocenters. The lowest BCUT2D eigenvalue weighted by atomic mass is 9.99. The molecule has 0 atom stereocenters. The van der Waals surface area contributed by atoms with Crippen molar-refractivity contribution in [3.05, 3.63) is 45.9 Å². The number of carbonyl (C=O) groups is 1. The molecule has 2 heterocycles. The minimum atomic E-state index is -0.0621. The van der Waals surface area contributed by atoms with E-state index in [9.17, 15) is 9.59 Å². The number of nitrogens with two attached hydrogens (primary N) is 1. The number of amides is 1. The van der Waals surface area contributed by atoms with Crippen LogP contribution in [0.3, 0.4) is 0 Å². The molecule has 0 spiro atoms. The average molecular weight is 283 g/mol. The van der Waals surface area contributed by atoms with Crippen molar-refractivity contribution in [1.29, 1.82) is 0 Å². The van der Waals surface area contributed by atoms with Gasteiger partial charge in [0.1, 0.15) is 0 Å². The molecular weight excluding hydrogens is 266 g/mol. The summed E-state index contributed by atoms with van der Waals surface area (Å²) in [6.45, 7) is 1.15. The molecule has 1 aliphatic heterocycles. The number of rotatable bonds is 1. The van der Waals surface area contributed by atoms with Gasteiger partial charge >= 0.3 is 0 Å². The van der Waals surface area contributed by atoms with Crippen LogP contribution in [-0.4, -0.2) is 28.9 Å². The summed E-state index contributed by atoms with van der Waals surface area (Å²) in [6, 6.07) is 7.49. The van der Waals surface area contributed by atoms with Gasteiger partial charge in [0.25, 0.3) is 5.56 Å². The van der Waals surface area contributed by atoms with Crippen LogP contribution in [0.2, 0.25) is 0 Å². The largest absolute Gasteiger partial charge is 0.337 e. The summed E-state index contributed by atoms with van der Waals surface area (Å²) in [6.07, 6.45) is 8.67.